The Kier molecular flexibility index (Phi) is 3.49. The lowest BCUT2D eigenvalue weighted by atomic mass is 9.70. The molecule has 1 aromatic carbocycles. The zero-order chi connectivity index (χ0) is 11.4. The number of anilines is 1. The lowest BCUT2D eigenvalue weighted by Crippen LogP contribution is -2.34. The highest BCUT2D eigenvalue weighted by Gasteiger charge is 2.34. The van der Waals surface area contributed by atoms with Crippen LogP contribution in [0.5, 0.6) is 0 Å². The second-order valence-electron chi connectivity index (χ2n) is 4.60. The van der Waals surface area contributed by atoms with Crippen molar-refractivity contribution < 1.29 is 4.74 Å². The number of para-hydroxylation sites is 1. The van der Waals surface area contributed by atoms with Gasteiger partial charge in [-0.05, 0) is 30.9 Å². The molecule has 1 unspecified atom stereocenters. The van der Waals surface area contributed by atoms with Gasteiger partial charge in [-0.25, -0.2) is 0 Å². The summed E-state index contributed by atoms with van der Waals surface area (Å²) in [5.74, 6) is 0. The molecule has 1 aromatic rings. The molecule has 0 bridgehead atoms. The third-order valence-corrected chi connectivity index (χ3v) is 3.88. The third-order valence-electron chi connectivity index (χ3n) is 3.88. The van der Waals surface area contributed by atoms with E-state index < -0.39 is 0 Å². The second kappa shape index (κ2) is 4.88. The highest BCUT2D eigenvalue weighted by atomic mass is 16.5. The molecule has 1 aliphatic rings. The maximum Gasteiger partial charge on any atom is 0.0470 e. The summed E-state index contributed by atoms with van der Waals surface area (Å²) in [6.45, 7) is 4.22. The Bertz CT molecular complexity index is 350. The van der Waals surface area contributed by atoms with Crippen LogP contribution in [0.4, 0.5) is 5.69 Å². The lowest BCUT2D eigenvalue weighted by Gasteiger charge is -2.39. The van der Waals surface area contributed by atoms with Crippen LogP contribution in [0.3, 0.4) is 0 Å². The SMILES string of the molecule is CCC1(CCOC)CCNc2ccccc21. The normalized spacial score (nSPS) is 23.6. The van der Waals surface area contributed by atoms with Gasteiger partial charge in [0.2, 0.25) is 0 Å². The molecule has 88 valence electrons. The molecule has 0 aliphatic carbocycles. The quantitative estimate of drug-likeness (QED) is 0.839. The van der Waals surface area contributed by atoms with Crippen molar-refractivity contribution in [2.24, 2.45) is 0 Å². The van der Waals surface area contributed by atoms with Gasteiger partial charge in [0.05, 0.1) is 0 Å². The van der Waals surface area contributed by atoms with E-state index in [1.807, 2.05) is 0 Å². The first-order chi connectivity index (χ1) is 7.82. The molecule has 1 aliphatic heterocycles. The monoisotopic (exact) mass is 219 g/mol. The Hall–Kier alpha value is -1.02. The molecular weight excluding hydrogens is 198 g/mol. The maximum atomic E-state index is 5.27. The van der Waals surface area contributed by atoms with E-state index in [-0.39, 0.29) is 0 Å². The number of hydrogen-bond donors (Lipinski definition) is 1. The van der Waals surface area contributed by atoms with Gasteiger partial charge in [-0.2, -0.15) is 0 Å². The standard InChI is InChI=1S/C14H21NO/c1-3-14(9-11-16-2)8-10-15-13-7-5-4-6-12(13)14/h4-7,15H,3,8-11H2,1-2H3. The summed E-state index contributed by atoms with van der Waals surface area (Å²) in [6, 6.07) is 8.70. The van der Waals surface area contributed by atoms with E-state index in [2.05, 4.69) is 36.5 Å². The van der Waals surface area contributed by atoms with Crippen LogP contribution >= 0.6 is 0 Å². The van der Waals surface area contributed by atoms with Gasteiger partial charge in [0, 0.05) is 31.4 Å². The van der Waals surface area contributed by atoms with Gasteiger partial charge in [-0.1, -0.05) is 25.1 Å². The molecule has 0 amide bonds. The van der Waals surface area contributed by atoms with Crippen molar-refractivity contribution in [1.82, 2.24) is 0 Å². The van der Waals surface area contributed by atoms with Gasteiger partial charge >= 0.3 is 0 Å². The molecule has 1 heterocycles. The minimum absolute atomic E-state index is 0.317. The van der Waals surface area contributed by atoms with E-state index in [4.69, 9.17) is 4.74 Å². The van der Waals surface area contributed by atoms with Crippen LogP contribution in [-0.4, -0.2) is 20.3 Å². The average Bonchev–Trinajstić information content (AvgIpc) is 2.36. The van der Waals surface area contributed by atoms with E-state index in [1.54, 1.807) is 7.11 Å². The van der Waals surface area contributed by atoms with Crippen LogP contribution in [0.25, 0.3) is 0 Å². The number of ether oxygens (including phenoxy) is 1. The summed E-state index contributed by atoms with van der Waals surface area (Å²) >= 11 is 0. The van der Waals surface area contributed by atoms with E-state index in [9.17, 15) is 0 Å². The number of methoxy groups -OCH3 is 1. The minimum atomic E-state index is 0.317. The van der Waals surface area contributed by atoms with Gasteiger partial charge in [-0.15, -0.1) is 0 Å². The van der Waals surface area contributed by atoms with Crippen molar-refractivity contribution in [3.8, 4) is 0 Å². The number of hydrogen-bond acceptors (Lipinski definition) is 2. The molecule has 0 saturated carbocycles. The summed E-state index contributed by atoms with van der Waals surface area (Å²) in [6.07, 6.45) is 3.53. The Labute approximate surface area is 98.0 Å². The molecule has 16 heavy (non-hydrogen) atoms. The first kappa shape index (κ1) is 11.5. The molecule has 2 nitrogen and oxygen atoms in total. The zero-order valence-corrected chi connectivity index (χ0v) is 10.3. The topological polar surface area (TPSA) is 21.3 Å². The molecule has 2 heteroatoms. The van der Waals surface area contributed by atoms with Crippen molar-refractivity contribution in [3.63, 3.8) is 0 Å². The highest BCUT2D eigenvalue weighted by Crippen LogP contribution is 2.42. The highest BCUT2D eigenvalue weighted by molar-refractivity contribution is 5.56. The molecule has 1 atom stereocenters. The Morgan fingerprint density at radius 2 is 2.19 bits per heavy atom. The van der Waals surface area contributed by atoms with Crippen LogP contribution in [0.15, 0.2) is 24.3 Å². The molecule has 0 spiro atoms. The maximum absolute atomic E-state index is 5.27. The van der Waals surface area contributed by atoms with E-state index in [0.29, 0.717) is 5.41 Å². The molecule has 0 aromatic heterocycles. The van der Waals surface area contributed by atoms with E-state index in [0.717, 1.165) is 19.6 Å². The van der Waals surface area contributed by atoms with Crippen LogP contribution in [0.2, 0.25) is 0 Å². The average molecular weight is 219 g/mol. The molecule has 0 saturated heterocycles. The zero-order valence-electron chi connectivity index (χ0n) is 10.3. The van der Waals surface area contributed by atoms with Crippen molar-refractivity contribution in [2.45, 2.75) is 31.6 Å². The number of benzene rings is 1. The minimum Gasteiger partial charge on any atom is -0.385 e. The van der Waals surface area contributed by atoms with Crippen LogP contribution in [0.1, 0.15) is 31.7 Å². The lowest BCUT2D eigenvalue weighted by molar-refractivity contribution is 0.161. The molecule has 0 radical (unpaired) electrons. The summed E-state index contributed by atoms with van der Waals surface area (Å²) in [5, 5.41) is 3.49. The van der Waals surface area contributed by atoms with Crippen molar-refractivity contribution >= 4 is 5.69 Å². The van der Waals surface area contributed by atoms with Crippen LogP contribution in [0, 0.1) is 0 Å². The van der Waals surface area contributed by atoms with Crippen LogP contribution < -0.4 is 5.32 Å². The fourth-order valence-electron chi connectivity index (χ4n) is 2.77. The third kappa shape index (κ3) is 1.94. The van der Waals surface area contributed by atoms with E-state index in [1.165, 1.54) is 24.1 Å². The Morgan fingerprint density at radius 1 is 1.38 bits per heavy atom. The van der Waals surface area contributed by atoms with Crippen molar-refractivity contribution in [1.29, 1.82) is 0 Å². The molecular formula is C14H21NO. The molecule has 2 rings (SSSR count). The van der Waals surface area contributed by atoms with Crippen molar-refractivity contribution in [3.05, 3.63) is 29.8 Å². The Morgan fingerprint density at radius 3 is 2.94 bits per heavy atom. The summed E-state index contributed by atoms with van der Waals surface area (Å²) in [7, 11) is 1.79. The smallest absolute Gasteiger partial charge is 0.0470 e. The number of nitrogens with one attached hydrogen (secondary N) is 1. The van der Waals surface area contributed by atoms with Gasteiger partial charge in [0.25, 0.3) is 0 Å². The second-order valence-corrected chi connectivity index (χ2v) is 4.60. The number of fused-ring (bicyclic) bond motifs is 1. The number of rotatable bonds is 4. The molecule has 0 fully saturated rings. The van der Waals surface area contributed by atoms with Gasteiger partial charge < -0.3 is 10.1 Å². The summed E-state index contributed by atoms with van der Waals surface area (Å²) < 4.78 is 5.27. The fourth-order valence-corrected chi connectivity index (χ4v) is 2.77. The van der Waals surface area contributed by atoms with Gasteiger partial charge in [0.1, 0.15) is 0 Å². The largest absolute Gasteiger partial charge is 0.385 e. The predicted molar refractivity (Wildman–Crippen MR) is 68.0 cm³/mol. The summed E-state index contributed by atoms with van der Waals surface area (Å²) in [5.41, 5.74) is 3.10. The van der Waals surface area contributed by atoms with Crippen molar-refractivity contribution in [2.75, 3.05) is 25.6 Å². The van der Waals surface area contributed by atoms with E-state index >= 15 is 0 Å². The van der Waals surface area contributed by atoms with Gasteiger partial charge in [0.15, 0.2) is 0 Å². The first-order valence-corrected chi connectivity index (χ1v) is 6.15. The van der Waals surface area contributed by atoms with Crippen LogP contribution in [-0.2, 0) is 10.2 Å². The fraction of sp³-hybridized carbons (Fsp3) is 0.571. The first-order valence-electron chi connectivity index (χ1n) is 6.15. The summed E-state index contributed by atoms with van der Waals surface area (Å²) in [4.78, 5) is 0. The van der Waals surface area contributed by atoms with Gasteiger partial charge in [-0.3, -0.25) is 0 Å². The molecule has 1 N–H and O–H groups in total. The predicted octanol–water partition coefficient (Wildman–Crippen LogP) is 3.19. The Balaban J connectivity index is 2.33.